The molecule has 142 heavy (non-hydrogen) atoms. The number of carbonyl (C=O) groups excluding carboxylic acids is 5. The molecule has 0 aliphatic rings. The number of rotatable bonds is 22. The standard InChI is InChI=1S/C19H14Cl2N2O3S.C19H15ClN2O3S.C19H15ClN2O2.C17H13ClN4O.C17H13ClN2OS.C15H12ClN3S/c1-27(25,26)13-6-8-17(21)15(11-13)19(24)23-12-5-7-16(20)14(10-12)18-4-2-3-9-22-18;1-26(24,25)15-6-4-5-13(11-15)19(23)22-14-8-9-17(20)16(12-14)18-7-2-3-10-21-18;1-24-15-8-5-13(6-9-15)19(23)22-14-7-10-17(20)16(12-14)18-4-2-3-11-21-18;18-14-7-6-11(10-13(14)15-5-1-2-8-20-15)22-17(23)12-4-3-9-21-16(12)19;1-11-7-9-22-16(11)17(21)20-12-5-6-14(18)13(10-12)15-4-2-3-8-19-15;16-14-13(12-8-4-5-9-17-12)19-15(20-14)18-10-11-6-2-1-3-7-11/h2-11H,1H3,(H,23,24);2-12H,1H3,(H,22,23);2-12H,1H3,(H,22,23);1-10H,(H2,19,21)(H,22,23);2-10H,1H3,(H,20,21);1-9H,10H2,(H,18,19). The Hall–Kier alpha value is -15.0. The molecule has 8 N–H and O–H groups in total. The fraction of sp³-hybridized carbons (Fsp3) is 0.0472. The summed E-state index contributed by atoms with van der Waals surface area (Å²) < 4.78 is 52.5. The lowest BCUT2D eigenvalue weighted by Gasteiger charge is -2.11. The maximum atomic E-state index is 12.6. The minimum Gasteiger partial charge on any atom is -0.497 e. The highest BCUT2D eigenvalue weighted by atomic mass is 35.5. The van der Waals surface area contributed by atoms with Crippen molar-refractivity contribution in [1.29, 1.82) is 0 Å². The van der Waals surface area contributed by atoms with Gasteiger partial charge in [-0.25, -0.2) is 26.8 Å². The predicted molar refractivity (Wildman–Crippen MR) is 572 cm³/mol. The number of hydrogen-bond acceptors (Lipinski definition) is 22. The second kappa shape index (κ2) is 50.2. The summed E-state index contributed by atoms with van der Waals surface area (Å²) in [6.45, 7) is 2.65. The lowest BCUT2D eigenvalue weighted by atomic mass is 10.1. The van der Waals surface area contributed by atoms with Crippen LogP contribution in [0.25, 0.3) is 67.7 Å². The van der Waals surface area contributed by atoms with Crippen molar-refractivity contribution in [3.05, 3.63) is 437 Å². The van der Waals surface area contributed by atoms with Crippen LogP contribution in [-0.2, 0) is 26.2 Å². The summed E-state index contributed by atoms with van der Waals surface area (Å²) in [6, 6.07) is 91.6. The van der Waals surface area contributed by atoms with Gasteiger partial charge in [-0.05, 0) is 266 Å². The van der Waals surface area contributed by atoms with Crippen LogP contribution in [-0.4, -0.2) is 106 Å². The first-order valence-corrected chi connectivity index (χ1v) is 50.7. The fourth-order valence-corrected chi connectivity index (χ4v) is 17.6. The monoisotopic (exact) mass is 2100 g/mol. The Morgan fingerprint density at radius 3 is 1.11 bits per heavy atom. The summed E-state index contributed by atoms with van der Waals surface area (Å²) in [4.78, 5) is 96.9. The fourth-order valence-electron chi connectivity index (χ4n) is 13.1. The van der Waals surface area contributed by atoms with E-state index in [1.54, 1.807) is 184 Å². The number of aryl methyl sites for hydroxylation is 1. The number of sulfone groups is 2. The van der Waals surface area contributed by atoms with Crippen LogP contribution in [0.1, 0.15) is 62.2 Å². The molecule has 9 heterocycles. The molecule has 18 rings (SSSR count). The van der Waals surface area contributed by atoms with Gasteiger partial charge in [-0.1, -0.05) is 165 Å². The lowest BCUT2D eigenvalue weighted by Crippen LogP contribution is -2.14. The number of nitrogens with one attached hydrogen (secondary N) is 6. The molecule has 0 bridgehead atoms. The molecular weight excluding hydrogens is 2020 g/mol. The molecule has 0 spiro atoms. The third-order valence-electron chi connectivity index (χ3n) is 20.2. The van der Waals surface area contributed by atoms with Crippen molar-refractivity contribution >= 4 is 192 Å². The van der Waals surface area contributed by atoms with Crippen molar-refractivity contribution in [2.75, 3.05) is 57.3 Å². The zero-order valence-electron chi connectivity index (χ0n) is 75.4. The highest BCUT2D eigenvalue weighted by Gasteiger charge is 2.22. The van der Waals surface area contributed by atoms with Gasteiger partial charge in [-0.2, -0.15) is 0 Å². The Morgan fingerprint density at radius 2 is 0.725 bits per heavy atom. The van der Waals surface area contributed by atoms with Crippen molar-refractivity contribution in [1.82, 2.24) is 39.9 Å². The van der Waals surface area contributed by atoms with Gasteiger partial charge in [0.2, 0.25) is 0 Å². The molecule has 0 radical (unpaired) electrons. The van der Waals surface area contributed by atoms with Crippen LogP contribution in [0.4, 0.5) is 39.4 Å². The lowest BCUT2D eigenvalue weighted by molar-refractivity contribution is 0.101. The van der Waals surface area contributed by atoms with E-state index in [-0.39, 0.29) is 49.5 Å². The van der Waals surface area contributed by atoms with Crippen LogP contribution in [0, 0.1) is 6.92 Å². The molecule has 9 aromatic carbocycles. The quantitative estimate of drug-likeness (QED) is 0.0331. The second-order valence-electron chi connectivity index (χ2n) is 30.3. The van der Waals surface area contributed by atoms with E-state index in [9.17, 15) is 40.8 Å². The normalized spacial score (nSPS) is 10.7. The van der Waals surface area contributed by atoms with Crippen LogP contribution < -0.4 is 42.4 Å². The molecule has 18 aromatic rings. The maximum Gasteiger partial charge on any atom is 0.265 e. The number of nitrogens with zero attached hydrogens (tertiary/aromatic N) is 8. The second-order valence-corrected chi connectivity index (χ2v) is 39.3. The van der Waals surface area contributed by atoms with Crippen molar-refractivity contribution in [3.8, 4) is 73.4 Å². The number of benzene rings is 9. The van der Waals surface area contributed by atoms with Crippen LogP contribution in [0.5, 0.6) is 5.75 Å². The number of ether oxygens (including phenoxy) is 1. The summed E-state index contributed by atoms with van der Waals surface area (Å²) in [5.74, 6) is -0.692. The van der Waals surface area contributed by atoms with Gasteiger partial charge >= 0.3 is 0 Å². The average molecular weight is 2100 g/mol. The van der Waals surface area contributed by atoms with Crippen molar-refractivity contribution in [2.24, 2.45) is 0 Å². The number of thiophene rings is 1. The molecule has 9 aromatic heterocycles. The molecule has 0 unspecified atom stereocenters. The van der Waals surface area contributed by atoms with E-state index in [2.05, 4.69) is 83.9 Å². The summed E-state index contributed by atoms with van der Waals surface area (Å²) >= 11 is 46.4. The number of nitrogen functional groups attached to an aromatic ring is 1. The van der Waals surface area contributed by atoms with E-state index < -0.39 is 31.5 Å². The largest absolute Gasteiger partial charge is 0.497 e. The van der Waals surface area contributed by atoms with Crippen LogP contribution in [0.2, 0.25) is 34.5 Å². The number of hydrogen-bond donors (Lipinski definition) is 7. The molecule has 0 saturated carbocycles. The highest BCUT2D eigenvalue weighted by Crippen LogP contribution is 2.38. The highest BCUT2D eigenvalue weighted by molar-refractivity contribution is 7.91. The van der Waals surface area contributed by atoms with E-state index in [4.69, 9.17) is 91.7 Å². The van der Waals surface area contributed by atoms with Gasteiger partial charge in [0.1, 0.15) is 21.6 Å². The Morgan fingerprint density at radius 1 is 0.352 bits per heavy atom. The third-order valence-corrected chi connectivity index (χ3v) is 26.7. The number of nitrogens with two attached hydrogens (primary N) is 1. The molecule has 25 nitrogen and oxygen atoms in total. The number of methoxy groups -OCH3 is 1. The molecule has 0 atom stereocenters. The number of pyridine rings is 7. The van der Waals surface area contributed by atoms with E-state index in [0.717, 1.165) is 74.9 Å². The minimum atomic E-state index is -3.46. The Bertz CT molecular complexity index is 7730. The smallest absolute Gasteiger partial charge is 0.265 e. The van der Waals surface area contributed by atoms with Crippen molar-refractivity contribution in [2.45, 2.75) is 23.3 Å². The van der Waals surface area contributed by atoms with Gasteiger partial charge in [-0.3, -0.25) is 53.9 Å². The number of carbonyl (C=O) groups is 5. The Labute approximate surface area is 861 Å². The van der Waals surface area contributed by atoms with E-state index >= 15 is 0 Å². The minimum absolute atomic E-state index is 0.0160. The van der Waals surface area contributed by atoms with Gasteiger partial charge < -0.3 is 42.4 Å². The molecule has 36 heteroatoms. The zero-order chi connectivity index (χ0) is 101. The Kier molecular flexibility index (Phi) is 36.9. The van der Waals surface area contributed by atoms with Gasteiger partial charge in [0, 0.05) is 130 Å². The summed E-state index contributed by atoms with van der Waals surface area (Å²) in [5.41, 5.74) is 20.8. The average Bonchev–Trinajstić information content (AvgIpc) is 1.27. The number of thiazole rings is 1. The van der Waals surface area contributed by atoms with Gasteiger partial charge in [0.05, 0.1) is 97.2 Å². The first kappa shape index (κ1) is 104. The van der Waals surface area contributed by atoms with Crippen LogP contribution in [0.3, 0.4) is 0 Å². The molecule has 0 aliphatic heterocycles. The van der Waals surface area contributed by atoms with Gasteiger partial charge in [0.25, 0.3) is 29.5 Å². The zero-order valence-corrected chi connectivity index (χ0v) is 83.9. The van der Waals surface area contributed by atoms with Crippen molar-refractivity contribution in [3.63, 3.8) is 0 Å². The first-order chi connectivity index (χ1) is 68.4. The summed E-state index contributed by atoms with van der Waals surface area (Å²) in [6.07, 6.45) is 13.8. The number of amides is 5. The molecule has 0 aliphatic carbocycles. The van der Waals surface area contributed by atoms with Crippen LogP contribution in [0.15, 0.2) is 374 Å². The van der Waals surface area contributed by atoms with E-state index in [1.165, 1.54) is 70.8 Å². The SMILES string of the molecule is COc1ccc(C(=O)Nc2ccc(Cl)c(-c3ccccn3)c2)cc1.CS(=O)(=O)c1ccc(Cl)c(C(=O)Nc2ccc(Cl)c(-c3ccccn3)c2)c1.CS(=O)(=O)c1cccc(C(=O)Nc2ccc(Cl)c(-c3ccccn3)c2)c1.Cc1ccsc1C(=O)Nc1ccc(Cl)c(-c2ccccn2)c1.Clc1sc(NCc2ccccc2)nc1-c1ccccn1.Nc1ncccc1C(=O)Nc1ccc(Cl)c(-c2ccccn2)c1. The molecule has 0 saturated heterocycles. The topological polar surface area (TPSA) is 364 Å². The maximum absolute atomic E-state index is 12.6. The molecule has 0 fully saturated rings. The van der Waals surface area contributed by atoms with Gasteiger partial charge in [-0.15, -0.1) is 11.3 Å². The summed E-state index contributed by atoms with van der Waals surface area (Å²) in [5, 5.41) is 22.9. The molecule has 714 valence electrons. The van der Waals surface area contributed by atoms with Crippen molar-refractivity contribution < 1.29 is 45.5 Å². The number of halogens is 7. The van der Waals surface area contributed by atoms with Gasteiger partial charge in [0.15, 0.2) is 24.8 Å². The summed E-state index contributed by atoms with van der Waals surface area (Å²) in [7, 11) is -5.26. The molecular formula is C106H82Cl7N15O10S4. The molecule has 5 amide bonds. The Balaban J connectivity index is 0.000000143. The van der Waals surface area contributed by atoms with Crippen LogP contribution >= 0.6 is 104 Å². The number of aromatic nitrogens is 8. The van der Waals surface area contributed by atoms with E-state index in [0.29, 0.717) is 102 Å². The predicted octanol–water partition coefficient (Wildman–Crippen LogP) is 26.6. The first-order valence-electron chi connectivity index (χ1n) is 42.6. The number of anilines is 7. The third kappa shape index (κ3) is 29.6. The van der Waals surface area contributed by atoms with E-state index in [1.807, 2.05) is 140 Å².